The molecule has 5 heteroatoms. The monoisotopic (exact) mass is 241 g/mol. The predicted octanol–water partition coefficient (Wildman–Crippen LogP) is 0.113. The highest BCUT2D eigenvalue weighted by Crippen LogP contribution is 2.17. The number of nitrogens with zero attached hydrogens (tertiary/aromatic N) is 1. The lowest BCUT2D eigenvalue weighted by atomic mass is 10.2. The standard InChI is InChI=1S/C12H23N3O2/c1-15(2)8-7-13-11(16)9-12(17)14-10-5-3-4-6-10/h10H,3-9H2,1-2H3,(H,13,16)(H,14,17). The Kier molecular flexibility index (Phi) is 5.97. The van der Waals surface area contributed by atoms with E-state index in [4.69, 9.17) is 0 Å². The van der Waals surface area contributed by atoms with Gasteiger partial charge in [0.1, 0.15) is 6.42 Å². The van der Waals surface area contributed by atoms with Crippen molar-refractivity contribution in [3.8, 4) is 0 Å². The molecule has 1 rings (SSSR count). The quantitative estimate of drug-likeness (QED) is 0.649. The summed E-state index contributed by atoms with van der Waals surface area (Å²) in [6, 6.07) is 0.289. The summed E-state index contributed by atoms with van der Waals surface area (Å²) in [6.07, 6.45) is 4.41. The lowest BCUT2D eigenvalue weighted by Crippen LogP contribution is -2.38. The molecule has 0 aromatic carbocycles. The van der Waals surface area contributed by atoms with Gasteiger partial charge in [-0.15, -0.1) is 0 Å². The Morgan fingerprint density at radius 1 is 1.18 bits per heavy atom. The van der Waals surface area contributed by atoms with Gasteiger partial charge in [0.15, 0.2) is 0 Å². The Bertz CT molecular complexity index is 260. The number of amides is 2. The van der Waals surface area contributed by atoms with Gasteiger partial charge in [-0.3, -0.25) is 9.59 Å². The highest BCUT2D eigenvalue weighted by Gasteiger charge is 2.18. The van der Waals surface area contributed by atoms with Gasteiger partial charge in [-0.1, -0.05) is 12.8 Å². The molecule has 2 amide bonds. The molecule has 0 atom stereocenters. The Balaban J connectivity index is 2.10. The van der Waals surface area contributed by atoms with E-state index in [0.29, 0.717) is 6.54 Å². The van der Waals surface area contributed by atoms with Gasteiger partial charge in [0.25, 0.3) is 0 Å². The molecule has 0 aliphatic heterocycles. The van der Waals surface area contributed by atoms with E-state index in [-0.39, 0.29) is 24.3 Å². The third-order valence-electron chi connectivity index (χ3n) is 2.92. The van der Waals surface area contributed by atoms with Crippen molar-refractivity contribution in [3.05, 3.63) is 0 Å². The molecule has 0 aromatic heterocycles. The zero-order chi connectivity index (χ0) is 12.7. The molecule has 0 unspecified atom stereocenters. The maximum atomic E-state index is 11.5. The van der Waals surface area contributed by atoms with Gasteiger partial charge in [0, 0.05) is 19.1 Å². The molecule has 17 heavy (non-hydrogen) atoms. The van der Waals surface area contributed by atoms with E-state index < -0.39 is 0 Å². The molecule has 0 radical (unpaired) electrons. The SMILES string of the molecule is CN(C)CCNC(=O)CC(=O)NC1CCCC1. The molecular weight excluding hydrogens is 218 g/mol. The summed E-state index contributed by atoms with van der Waals surface area (Å²) in [7, 11) is 3.89. The maximum absolute atomic E-state index is 11.5. The van der Waals surface area contributed by atoms with E-state index in [2.05, 4.69) is 10.6 Å². The largest absolute Gasteiger partial charge is 0.354 e. The minimum absolute atomic E-state index is 0.0517. The minimum Gasteiger partial charge on any atom is -0.354 e. The number of carbonyl (C=O) groups is 2. The second kappa shape index (κ2) is 7.27. The second-order valence-electron chi connectivity index (χ2n) is 4.88. The Hall–Kier alpha value is -1.10. The van der Waals surface area contributed by atoms with Crippen molar-refractivity contribution in [3.63, 3.8) is 0 Å². The number of nitrogens with one attached hydrogen (secondary N) is 2. The van der Waals surface area contributed by atoms with Crippen molar-refractivity contribution in [1.82, 2.24) is 15.5 Å². The summed E-state index contributed by atoms with van der Waals surface area (Å²) in [5.41, 5.74) is 0. The van der Waals surface area contributed by atoms with E-state index in [1.807, 2.05) is 19.0 Å². The summed E-state index contributed by atoms with van der Waals surface area (Å²) in [5.74, 6) is -0.346. The van der Waals surface area contributed by atoms with Crippen LogP contribution in [0.25, 0.3) is 0 Å². The van der Waals surface area contributed by atoms with E-state index in [1.165, 1.54) is 12.8 Å². The summed E-state index contributed by atoms with van der Waals surface area (Å²) >= 11 is 0. The van der Waals surface area contributed by atoms with Crippen LogP contribution in [0.5, 0.6) is 0 Å². The number of carbonyl (C=O) groups excluding carboxylic acids is 2. The van der Waals surface area contributed by atoms with Crippen LogP contribution < -0.4 is 10.6 Å². The van der Waals surface area contributed by atoms with Gasteiger partial charge in [0.2, 0.25) is 11.8 Å². The fourth-order valence-electron chi connectivity index (χ4n) is 1.98. The molecule has 0 heterocycles. The molecule has 5 nitrogen and oxygen atoms in total. The van der Waals surface area contributed by atoms with Gasteiger partial charge >= 0.3 is 0 Å². The summed E-state index contributed by atoms with van der Waals surface area (Å²) < 4.78 is 0. The molecule has 0 bridgehead atoms. The molecule has 0 saturated heterocycles. The normalized spacial score (nSPS) is 16.2. The zero-order valence-corrected chi connectivity index (χ0v) is 10.8. The average molecular weight is 241 g/mol. The van der Waals surface area contributed by atoms with Crippen molar-refractivity contribution in [2.75, 3.05) is 27.2 Å². The zero-order valence-electron chi connectivity index (χ0n) is 10.8. The van der Waals surface area contributed by atoms with Crippen molar-refractivity contribution in [2.45, 2.75) is 38.1 Å². The molecule has 98 valence electrons. The van der Waals surface area contributed by atoms with Crippen LogP contribution >= 0.6 is 0 Å². The van der Waals surface area contributed by atoms with Gasteiger partial charge in [-0.2, -0.15) is 0 Å². The first-order valence-corrected chi connectivity index (χ1v) is 6.28. The maximum Gasteiger partial charge on any atom is 0.229 e. The van der Waals surface area contributed by atoms with E-state index in [1.54, 1.807) is 0 Å². The van der Waals surface area contributed by atoms with Crippen molar-refractivity contribution >= 4 is 11.8 Å². The number of hydrogen-bond acceptors (Lipinski definition) is 3. The van der Waals surface area contributed by atoms with Crippen LogP contribution in [-0.4, -0.2) is 49.9 Å². The van der Waals surface area contributed by atoms with Crippen LogP contribution in [0.2, 0.25) is 0 Å². The average Bonchev–Trinajstić information content (AvgIpc) is 2.69. The Morgan fingerprint density at radius 2 is 1.82 bits per heavy atom. The van der Waals surface area contributed by atoms with E-state index in [0.717, 1.165) is 19.4 Å². The minimum atomic E-state index is -0.192. The highest BCUT2D eigenvalue weighted by atomic mass is 16.2. The van der Waals surface area contributed by atoms with Gasteiger partial charge < -0.3 is 15.5 Å². The van der Waals surface area contributed by atoms with Crippen molar-refractivity contribution < 1.29 is 9.59 Å². The lowest BCUT2D eigenvalue weighted by molar-refractivity contribution is -0.129. The van der Waals surface area contributed by atoms with Crippen molar-refractivity contribution in [1.29, 1.82) is 0 Å². The molecule has 1 saturated carbocycles. The molecule has 1 aliphatic carbocycles. The first kappa shape index (κ1) is 14.0. The number of likely N-dealkylation sites (N-methyl/N-ethyl adjacent to an activating group) is 1. The number of hydrogen-bond donors (Lipinski definition) is 2. The van der Waals surface area contributed by atoms with Gasteiger partial charge in [-0.25, -0.2) is 0 Å². The fraction of sp³-hybridized carbons (Fsp3) is 0.833. The van der Waals surface area contributed by atoms with Crippen LogP contribution in [-0.2, 0) is 9.59 Å². The van der Waals surface area contributed by atoms with Gasteiger partial charge in [0.05, 0.1) is 0 Å². The summed E-state index contributed by atoms with van der Waals surface area (Å²) in [4.78, 5) is 24.9. The van der Waals surface area contributed by atoms with Crippen LogP contribution in [0.15, 0.2) is 0 Å². The van der Waals surface area contributed by atoms with Crippen LogP contribution in [0.4, 0.5) is 0 Å². The molecule has 1 aliphatic rings. The molecular formula is C12H23N3O2. The van der Waals surface area contributed by atoms with Crippen LogP contribution in [0, 0.1) is 0 Å². The number of rotatable bonds is 6. The Labute approximate surface area is 103 Å². The first-order valence-electron chi connectivity index (χ1n) is 6.28. The Morgan fingerprint density at radius 3 is 2.41 bits per heavy atom. The predicted molar refractivity (Wildman–Crippen MR) is 66.6 cm³/mol. The fourth-order valence-corrected chi connectivity index (χ4v) is 1.98. The second-order valence-corrected chi connectivity index (χ2v) is 4.88. The lowest BCUT2D eigenvalue weighted by Gasteiger charge is -2.12. The molecule has 2 N–H and O–H groups in total. The molecule has 0 aromatic rings. The summed E-state index contributed by atoms with van der Waals surface area (Å²) in [6.45, 7) is 1.37. The smallest absolute Gasteiger partial charge is 0.229 e. The molecule has 1 fully saturated rings. The van der Waals surface area contributed by atoms with Crippen LogP contribution in [0.1, 0.15) is 32.1 Å². The van der Waals surface area contributed by atoms with Crippen molar-refractivity contribution in [2.24, 2.45) is 0 Å². The first-order chi connectivity index (χ1) is 8.08. The molecule has 0 spiro atoms. The third-order valence-corrected chi connectivity index (χ3v) is 2.92. The van der Waals surface area contributed by atoms with E-state index in [9.17, 15) is 9.59 Å². The third kappa shape index (κ3) is 6.26. The van der Waals surface area contributed by atoms with Gasteiger partial charge in [-0.05, 0) is 26.9 Å². The van der Waals surface area contributed by atoms with Crippen LogP contribution in [0.3, 0.4) is 0 Å². The topological polar surface area (TPSA) is 61.4 Å². The highest BCUT2D eigenvalue weighted by molar-refractivity contribution is 5.96. The van der Waals surface area contributed by atoms with E-state index >= 15 is 0 Å². The summed E-state index contributed by atoms with van der Waals surface area (Å²) in [5, 5.41) is 5.63.